The highest BCUT2D eigenvalue weighted by Crippen LogP contribution is 2.27. The van der Waals surface area contributed by atoms with Crippen LogP contribution in [0.25, 0.3) is 0 Å². The van der Waals surface area contributed by atoms with Crippen molar-refractivity contribution < 1.29 is 4.79 Å². The molecule has 3 aromatic rings. The lowest BCUT2D eigenvalue weighted by atomic mass is 10.1. The number of carbonyl (C=O) groups excluding carboxylic acids is 1. The Morgan fingerprint density at radius 1 is 1.15 bits per heavy atom. The lowest BCUT2D eigenvalue weighted by molar-refractivity contribution is 0.102. The van der Waals surface area contributed by atoms with E-state index < -0.39 is 0 Å². The second-order valence-electron chi connectivity index (χ2n) is 5.89. The Morgan fingerprint density at radius 2 is 2.00 bits per heavy atom. The molecule has 0 bridgehead atoms. The predicted octanol–water partition coefficient (Wildman–Crippen LogP) is 4.01. The van der Waals surface area contributed by atoms with E-state index in [-0.39, 0.29) is 11.6 Å². The van der Waals surface area contributed by atoms with Gasteiger partial charge in [0, 0.05) is 18.9 Å². The number of hydrogen-bond acceptors (Lipinski definition) is 5. The molecule has 1 amide bonds. The molecule has 0 fully saturated rings. The molecule has 2 aromatic heterocycles. The van der Waals surface area contributed by atoms with Crippen molar-refractivity contribution in [1.29, 1.82) is 0 Å². The van der Waals surface area contributed by atoms with Gasteiger partial charge in [-0.2, -0.15) is 0 Å². The maximum Gasteiger partial charge on any atom is 0.275 e. The van der Waals surface area contributed by atoms with E-state index in [1.165, 1.54) is 12.4 Å². The molecular formula is C19H18ClN5O. The van der Waals surface area contributed by atoms with Gasteiger partial charge in [0.1, 0.15) is 11.5 Å². The van der Waals surface area contributed by atoms with Gasteiger partial charge < -0.3 is 10.6 Å². The van der Waals surface area contributed by atoms with Crippen LogP contribution in [0.3, 0.4) is 0 Å². The summed E-state index contributed by atoms with van der Waals surface area (Å²) in [6.07, 6.45) is 6.45. The van der Waals surface area contributed by atoms with Gasteiger partial charge in [0.15, 0.2) is 0 Å². The van der Waals surface area contributed by atoms with Gasteiger partial charge in [0.2, 0.25) is 0 Å². The third-order valence-electron chi connectivity index (χ3n) is 3.75. The zero-order valence-corrected chi connectivity index (χ0v) is 15.2. The smallest absolute Gasteiger partial charge is 0.275 e. The molecule has 0 radical (unpaired) electrons. The van der Waals surface area contributed by atoms with Crippen molar-refractivity contribution in [2.45, 2.75) is 20.4 Å². The zero-order chi connectivity index (χ0) is 18.5. The van der Waals surface area contributed by atoms with Crippen molar-refractivity contribution in [2.24, 2.45) is 0 Å². The average Bonchev–Trinajstić information content (AvgIpc) is 2.64. The van der Waals surface area contributed by atoms with Gasteiger partial charge in [0.25, 0.3) is 5.91 Å². The van der Waals surface area contributed by atoms with Crippen molar-refractivity contribution in [3.05, 3.63) is 76.5 Å². The summed E-state index contributed by atoms with van der Waals surface area (Å²) in [7, 11) is 0. The number of carbonyl (C=O) groups is 1. The normalized spacial score (nSPS) is 10.4. The number of aromatic nitrogens is 3. The summed E-state index contributed by atoms with van der Waals surface area (Å²) in [5.74, 6) is 0.222. The molecule has 0 spiro atoms. The molecule has 0 unspecified atom stereocenters. The van der Waals surface area contributed by atoms with Gasteiger partial charge in [-0.15, -0.1) is 0 Å². The third-order valence-corrected chi connectivity index (χ3v) is 4.05. The van der Waals surface area contributed by atoms with E-state index in [2.05, 4.69) is 25.6 Å². The van der Waals surface area contributed by atoms with Crippen LogP contribution in [0.5, 0.6) is 0 Å². The minimum absolute atomic E-state index is 0.216. The summed E-state index contributed by atoms with van der Waals surface area (Å²) in [5.41, 5.74) is 3.76. The Labute approximate surface area is 156 Å². The molecule has 132 valence electrons. The van der Waals surface area contributed by atoms with E-state index in [9.17, 15) is 4.79 Å². The van der Waals surface area contributed by atoms with Crippen LogP contribution in [0.2, 0.25) is 5.02 Å². The minimum atomic E-state index is -0.356. The van der Waals surface area contributed by atoms with Crippen molar-refractivity contribution in [3.8, 4) is 0 Å². The molecule has 26 heavy (non-hydrogen) atoms. The highest BCUT2D eigenvalue weighted by Gasteiger charge is 2.13. The van der Waals surface area contributed by atoms with Crippen LogP contribution < -0.4 is 10.6 Å². The van der Waals surface area contributed by atoms with Crippen LogP contribution in [0.4, 0.5) is 11.5 Å². The fraction of sp³-hybridized carbons (Fsp3) is 0.158. The average molecular weight is 368 g/mol. The van der Waals surface area contributed by atoms with Crippen LogP contribution >= 0.6 is 11.6 Å². The van der Waals surface area contributed by atoms with E-state index in [0.29, 0.717) is 23.1 Å². The molecule has 1 aromatic carbocycles. The summed E-state index contributed by atoms with van der Waals surface area (Å²) in [4.78, 5) is 24.8. The first-order valence-electron chi connectivity index (χ1n) is 8.06. The quantitative estimate of drug-likeness (QED) is 0.712. The SMILES string of the molecule is Cc1cc(C)c(NC(=O)c2cnc(NCc3cccnc3)cn2)c(Cl)c1. The van der Waals surface area contributed by atoms with Gasteiger partial charge in [-0.25, -0.2) is 9.97 Å². The van der Waals surface area contributed by atoms with Crippen LogP contribution in [0, 0.1) is 13.8 Å². The molecule has 0 saturated heterocycles. The Hall–Kier alpha value is -2.99. The van der Waals surface area contributed by atoms with Crippen LogP contribution in [0.15, 0.2) is 49.1 Å². The van der Waals surface area contributed by atoms with Crippen LogP contribution in [-0.4, -0.2) is 20.9 Å². The number of rotatable bonds is 5. The van der Waals surface area contributed by atoms with Crippen molar-refractivity contribution in [1.82, 2.24) is 15.0 Å². The number of aryl methyl sites for hydroxylation is 2. The van der Waals surface area contributed by atoms with Crippen molar-refractivity contribution >= 4 is 29.0 Å². The highest BCUT2D eigenvalue weighted by atomic mass is 35.5. The first-order valence-corrected chi connectivity index (χ1v) is 8.43. The summed E-state index contributed by atoms with van der Waals surface area (Å²) in [6, 6.07) is 7.59. The fourth-order valence-corrected chi connectivity index (χ4v) is 2.85. The van der Waals surface area contributed by atoms with E-state index >= 15 is 0 Å². The molecule has 6 nitrogen and oxygen atoms in total. The van der Waals surface area contributed by atoms with Crippen LogP contribution in [-0.2, 0) is 6.54 Å². The molecule has 0 saturated carbocycles. The van der Waals surface area contributed by atoms with E-state index in [1.807, 2.05) is 32.0 Å². The number of nitrogens with one attached hydrogen (secondary N) is 2. The molecule has 2 heterocycles. The maximum absolute atomic E-state index is 12.4. The van der Waals surface area contributed by atoms with Crippen molar-refractivity contribution in [2.75, 3.05) is 10.6 Å². The third kappa shape index (κ3) is 4.34. The van der Waals surface area contributed by atoms with Crippen molar-refractivity contribution in [3.63, 3.8) is 0 Å². The fourth-order valence-electron chi connectivity index (χ4n) is 2.48. The largest absolute Gasteiger partial charge is 0.365 e. The van der Waals surface area contributed by atoms with Gasteiger partial charge in [-0.05, 0) is 42.7 Å². The lowest BCUT2D eigenvalue weighted by Crippen LogP contribution is -2.15. The monoisotopic (exact) mass is 367 g/mol. The van der Waals surface area contributed by atoms with E-state index in [4.69, 9.17) is 11.6 Å². The van der Waals surface area contributed by atoms with E-state index in [1.54, 1.807) is 18.5 Å². The van der Waals surface area contributed by atoms with Gasteiger partial charge in [-0.1, -0.05) is 23.7 Å². The molecular weight excluding hydrogens is 350 g/mol. The van der Waals surface area contributed by atoms with Gasteiger partial charge in [0.05, 0.1) is 23.1 Å². The number of hydrogen-bond donors (Lipinski definition) is 2. The van der Waals surface area contributed by atoms with Gasteiger partial charge in [-0.3, -0.25) is 9.78 Å². The summed E-state index contributed by atoms with van der Waals surface area (Å²) in [6.45, 7) is 4.42. The molecule has 0 aliphatic carbocycles. The first kappa shape index (κ1) is 17.8. The second-order valence-corrected chi connectivity index (χ2v) is 6.30. The highest BCUT2D eigenvalue weighted by molar-refractivity contribution is 6.34. The second kappa shape index (κ2) is 7.93. The topological polar surface area (TPSA) is 79.8 Å². The molecule has 7 heteroatoms. The molecule has 0 aliphatic heterocycles. The lowest BCUT2D eigenvalue weighted by Gasteiger charge is -2.11. The molecule has 2 N–H and O–H groups in total. The summed E-state index contributed by atoms with van der Waals surface area (Å²) in [5, 5.41) is 6.43. The summed E-state index contributed by atoms with van der Waals surface area (Å²) < 4.78 is 0. The summed E-state index contributed by atoms with van der Waals surface area (Å²) >= 11 is 6.23. The Bertz CT molecular complexity index is 890. The molecule has 3 rings (SSSR count). The zero-order valence-electron chi connectivity index (χ0n) is 14.5. The predicted molar refractivity (Wildman–Crippen MR) is 102 cm³/mol. The Morgan fingerprint density at radius 3 is 2.65 bits per heavy atom. The number of benzene rings is 1. The number of amides is 1. The Kier molecular flexibility index (Phi) is 5.43. The minimum Gasteiger partial charge on any atom is -0.365 e. The Balaban J connectivity index is 1.66. The maximum atomic E-state index is 12.4. The standard InChI is InChI=1S/C19H18ClN5O/c1-12-6-13(2)18(15(20)7-12)25-19(26)16-10-24-17(11-22-16)23-9-14-4-3-5-21-8-14/h3-8,10-11H,9H2,1-2H3,(H,23,24)(H,25,26). The molecule has 0 aliphatic rings. The number of anilines is 2. The number of pyridine rings is 1. The number of halogens is 1. The van der Waals surface area contributed by atoms with Crippen LogP contribution in [0.1, 0.15) is 27.2 Å². The van der Waals surface area contributed by atoms with E-state index in [0.717, 1.165) is 16.7 Å². The molecule has 0 atom stereocenters. The first-order chi connectivity index (χ1) is 12.5. The number of nitrogens with zero attached hydrogens (tertiary/aromatic N) is 3. The van der Waals surface area contributed by atoms with Gasteiger partial charge >= 0.3 is 0 Å².